The highest BCUT2D eigenvalue weighted by molar-refractivity contribution is 7.46. The van der Waals surface area contributed by atoms with Crippen LogP contribution in [0, 0.1) is 5.92 Å². The third-order valence-corrected chi connectivity index (χ3v) is 10.2. The molecule has 0 radical (unpaired) electrons. The molecule has 1 fully saturated rings. The van der Waals surface area contributed by atoms with Crippen LogP contribution in [0.15, 0.2) is 30.3 Å². The van der Waals surface area contributed by atoms with Crippen molar-refractivity contribution in [3.05, 3.63) is 35.9 Å². The Morgan fingerprint density at radius 2 is 1.47 bits per heavy atom. The van der Waals surface area contributed by atoms with Crippen LogP contribution in [0.1, 0.15) is 97.5 Å². The van der Waals surface area contributed by atoms with Gasteiger partial charge in [-0.05, 0) is 63.4 Å². The maximum Gasteiger partial charge on any atom is 0.469 e. The minimum absolute atomic E-state index is 0.108. The summed E-state index contributed by atoms with van der Waals surface area (Å²) >= 11 is 0. The number of carbonyl (C=O) groups excluding carboxylic acids is 7. The number of hydrogen-bond donors (Lipinski definition) is 9. The maximum atomic E-state index is 13.8. The Kier molecular flexibility index (Phi) is 21.6. The Morgan fingerprint density at radius 1 is 0.862 bits per heavy atom. The zero-order valence-corrected chi connectivity index (χ0v) is 34.7. The van der Waals surface area contributed by atoms with E-state index in [0.717, 1.165) is 45.4 Å². The van der Waals surface area contributed by atoms with Crippen molar-refractivity contribution in [1.29, 1.82) is 0 Å². The fraction of sp³-hybridized carbons (Fsp3) is 0.658. The average Bonchev–Trinajstić information content (AvgIpc) is 3.65. The standard InChI is InChI=1S/C38H62N7O12P/c1-24(2)22-29(42-38(53)31-17-13-21-45(31)26(4)47)36(51)41-28(18-19-32(48)40-20-12-7-5-6-9-14-27-15-10-8-11-16-27)35(50)43-30(23-46)37(52)44-33(34(39)49)25(3)57-58(54,55)56/h8,10-11,15-16,24-25,28-31,33,46H,5-7,9,12-14,17-23H2,1-4H3,(H2,39,49)(H,40,48)(H,41,51)(H,42,53)(H,43,50)(H,44,52)(H2,54,55,56)/t25-,28+,29+,30+,31+,33+/m1/s1. The molecule has 0 aromatic heterocycles. The van der Waals surface area contributed by atoms with Crippen molar-refractivity contribution in [2.75, 3.05) is 19.7 Å². The molecule has 10 N–H and O–H groups in total. The third-order valence-electron chi connectivity index (χ3n) is 9.59. The summed E-state index contributed by atoms with van der Waals surface area (Å²) in [5.74, 6) is -5.54. The van der Waals surface area contributed by atoms with Crippen LogP contribution in [0.4, 0.5) is 0 Å². The van der Waals surface area contributed by atoms with E-state index < -0.39 is 86.2 Å². The van der Waals surface area contributed by atoms with Gasteiger partial charge in [0.2, 0.25) is 41.4 Å². The summed E-state index contributed by atoms with van der Waals surface area (Å²) in [4.78, 5) is 111. The minimum atomic E-state index is -5.12. The van der Waals surface area contributed by atoms with Crippen LogP contribution in [-0.4, -0.2) is 117 Å². The first-order valence-corrected chi connectivity index (χ1v) is 21.3. The first-order valence-electron chi connectivity index (χ1n) is 19.8. The predicted molar refractivity (Wildman–Crippen MR) is 212 cm³/mol. The molecule has 0 aliphatic carbocycles. The molecule has 1 aliphatic rings. The van der Waals surface area contributed by atoms with E-state index in [9.17, 15) is 43.2 Å². The molecule has 20 heteroatoms. The average molecular weight is 840 g/mol. The van der Waals surface area contributed by atoms with Gasteiger partial charge in [-0.25, -0.2) is 4.57 Å². The third kappa shape index (κ3) is 18.4. The fourth-order valence-electron chi connectivity index (χ4n) is 6.57. The number of primary amides is 1. The predicted octanol–water partition coefficient (Wildman–Crippen LogP) is 0.0476. The zero-order valence-electron chi connectivity index (χ0n) is 33.8. The van der Waals surface area contributed by atoms with Crippen molar-refractivity contribution in [3.8, 4) is 0 Å². The van der Waals surface area contributed by atoms with E-state index in [0.29, 0.717) is 25.9 Å². The lowest BCUT2D eigenvalue weighted by Crippen LogP contribution is -2.60. The lowest BCUT2D eigenvalue weighted by molar-refractivity contribution is -0.139. The van der Waals surface area contributed by atoms with Gasteiger partial charge in [-0.3, -0.25) is 38.1 Å². The van der Waals surface area contributed by atoms with E-state index in [1.54, 1.807) is 0 Å². The Bertz CT molecular complexity index is 1580. The van der Waals surface area contributed by atoms with Crippen molar-refractivity contribution in [2.45, 2.75) is 135 Å². The van der Waals surface area contributed by atoms with Crippen molar-refractivity contribution in [3.63, 3.8) is 0 Å². The lowest BCUT2D eigenvalue weighted by atomic mass is 10.0. The van der Waals surface area contributed by atoms with Gasteiger partial charge < -0.3 is 52.1 Å². The Labute approximate surface area is 339 Å². The number of carbonyl (C=O) groups is 7. The number of aliphatic hydroxyl groups excluding tert-OH is 1. The number of phosphoric ester groups is 1. The van der Waals surface area contributed by atoms with Gasteiger partial charge in [0.25, 0.3) is 0 Å². The van der Waals surface area contributed by atoms with Gasteiger partial charge in [-0.2, -0.15) is 0 Å². The summed E-state index contributed by atoms with van der Waals surface area (Å²) in [6, 6.07) is 3.25. The second-order valence-electron chi connectivity index (χ2n) is 14.9. The summed E-state index contributed by atoms with van der Waals surface area (Å²) in [6.07, 6.45) is 4.76. The van der Waals surface area contributed by atoms with Gasteiger partial charge in [-0.15, -0.1) is 0 Å². The number of nitrogens with one attached hydrogen (secondary N) is 5. The van der Waals surface area contributed by atoms with Gasteiger partial charge in [0, 0.05) is 26.4 Å². The van der Waals surface area contributed by atoms with Crippen LogP contribution in [0.2, 0.25) is 0 Å². The number of benzene rings is 1. The molecule has 0 bridgehead atoms. The number of likely N-dealkylation sites (tertiary alicyclic amines) is 1. The van der Waals surface area contributed by atoms with E-state index in [4.69, 9.17) is 15.5 Å². The molecule has 0 saturated carbocycles. The number of nitrogens with zero attached hydrogens (tertiary/aromatic N) is 1. The summed E-state index contributed by atoms with van der Waals surface area (Å²) in [6.45, 7) is 5.80. The normalized spacial score (nSPS) is 16.7. The van der Waals surface area contributed by atoms with Crippen molar-refractivity contribution >= 4 is 49.2 Å². The van der Waals surface area contributed by atoms with Crippen LogP contribution in [0.25, 0.3) is 0 Å². The molecule has 6 atom stereocenters. The van der Waals surface area contributed by atoms with E-state index in [1.165, 1.54) is 17.4 Å². The van der Waals surface area contributed by atoms with Gasteiger partial charge >= 0.3 is 7.82 Å². The molecule has 1 saturated heterocycles. The van der Waals surface area contributed by atoms with E-state index in [1.807, 2.05) is 32.0 Å². The number of aliphatic hydroxyl groups is 1. The van der Waals surface area contributed by atoms with Crippen LogP contribution in [-0.2, 0) is 49.1 Å². The summed E-state index contributed by atoms with van der Waals surface area (Å²) < 4.78 is 15.8. The minimum Gasteiger partial charge on any atom is -0.394 e. The quantitative estimate of drug-likeness (QED) is 0.0442. The first-order chi connectivity index (χ1) is 27.3. The number of aryl methyl sites for hydroxylation is 1. The molecule has 1 aliphatic heterocycles. The monoisotopic (exact) mass is 839 g/mol. The molecule has 0 spiro atoms. The molecule has 326 valence electrons. The molecule has 1 aromatic carbocycles. The van der Waals surface area contributed by atoms with E-state index in [-0.39, 0.29) is 31.1 Å². The second kappa shape index (κ2) is 25.2. The zero-order chi connectivity index (χ0) is 43.4. The smallest absolute Gasteiger partial charge is 0.394 e. The Hall–Kier alpha value is -4.42. The summed E-state index contributed by atoms with van der Waals surface area (Å²) in [7, 11) is -5.12. The molecule has 19 nitrogen and oxygen atoms in total. The van der Waals surface area contributed by atoms with Crippen LogP contribution in [0.5, 0.6) is 0 Å². The number of phosphoric acid groups is 1. The topological polar surface area (TPSA) is 296 Å². The van der Waals surface area contributed by atoms with Gasteiger partial charge in [-0.1, -0.05) is 63.4 Å². The number of amides is 7. The van der Waals surface area contributed by atoms with E-state index >= 15 is 0 Å². The number of hydrogen-bond acceptors (Lipinski definition) is 10. The molecule has 2 rings (SSSR count). The summed E-state index contributed by atoms with van der Waals surface area (Å²) in [5.41, 5.74) is 6.59. The van der Waals surface area contributed by atoms with Crippen LogP contribution in [0.3, 0.4) is 0 Å². The first kappa shape index (κ1) is 49.7. The largest absolute Gasteiger partial charge is 0.469 e. The number of unbranched alkanes of at least 4 members (excludes halogenated alkanes) is 4. The molecular weight excluding hydrogens is 777 g/mol. The van der Waals surface area contributed by atoms with Crippen molar-refractivity contribution in [2.24, 2.45) is 11.7 Å². The van der Waals surface area contributed by atoms with Crippen LogP contribution < -0.4 is 32.3 Å². The van der Waals surface area contributed by atoms with Crippen LogP contribution >= 0.6 is 7.82 Å². The highest BCUT2D eigenvalue weighted by Crippen LogP contribution is 2.38. The highest BCUT2D eigenvalue weighted by Gasteiger charge is 2.37. The van der Waals surface area contributed by atoms with Gasteiger partial charge in [0.05, 0.1) is 12.7 Å². The molecule has 0 unspecified atom stereocenters. The summed E-state index contributed by atoms with van der Waals surface area (Å²) in [5, 5.41) is 22.5. The SMILES string of the molecule is CC(=O)N1CCC[C@H]1C(=O)N[C@@H](CC(C)C)C(=O)N[C@@H](CCC(=O)NCCCCCCCc1ccccc1)C(=O)N[C@@H](CO)C(=O)N[C@H](C(N)=O)[C@@H](C)OP(=O)(O)O. The van der Waals surface area contributed by atoms with Crippen molar-refractivity contribution in [1.82, 2.24) is 31.5 Å². The maximum absolute atomic E-state index is 13.8. The highest BCUT2D eigenvalue weighted by atomic mass is 31.2. The Balaban J connectivity index is 2.13. The fourth-order valence-corrected chi connectivity index (χ4v) is 7.12. The second-order valence-corrected chi connectivity index (χ2v) is 16.1. The molecule has 7 amide bonds. The molecule has 58 heavy (non-hydrogen) atoms. The van der Waals surface area contributed by atoms with E-state index in [2.05, 4.69) is 43.2 Å². The number of rotatable bonds is 26. The Morgan fingerprint density at radius 3 is 2.07 bits per heavy atom. The lowest BCUT2D eigenvalue weighted by Gasteiger charge is -2.28. The molecular formula is C38H62N7O12P. The van der Waals surface area contributed by atoms with Gasteiger partial charge in [0.15, 0.2) is 0 Å². The molecule has 1 aromatic rings. The van der Waals surface area contributed by atoms with Gasteiger partial charge in [0.1, 0.15) is 30.2 Å². The number of nitrogens with two attached hydrogens (primary N) is 1. The molecule has 1 heterocycles. The van der Waals surface area contributed by atoms with Crippen molar-refractivity contribution < 1.29 is 57.5 Å².